The predicted octanol–water partition coefficient (Wildman–Crippen LogP) is 2.74. The number of rotatable bonds is 1. The summed E-state index contributed by atoms with van der Waals surface area (Å²) < 4.78 is 7.92. The summed E-state index contributed by atoms with van der Waals surface area (Å²) in [5.41, 5.74) is 6.09. The van der Waals surface area contributed by atoms with Crippen LogP contribution in [0.5, 0.6) is 0 Å². The Bertz CT molecular complexity index is 769. The highest BCUT2D eigenvalue weighted by Crippen LogP contribution is 2.31. The fourth-order valence-electron chi connectivity index (χ4n) is 2.85. The molecule has 1 unspecified atom stereocenters. The number of fused-ring (bicyclic) bond motifs is 1. The van der Waals surface area contributed by atoms with Crippen LogP contribution in [-0.2, 0) is 4.74 Å². The minimum absolute atomic E-state index is 0.0226. The van der Waals surface area contributed by atoms with Crippen molar-refractivity contribution in [2.24, 2.45) is 0 Å². The molecule has 1 aliphatic heterocycles. The third-order valence-corrected chi connectivity index (χ3v) is 4.42. The molecule has 24 heavy (non-hydrogen) atoms. The van der Waals surface area contributed by atoms with Gasteiger partial charge in [-0.3, -0.25) is 0 Å². The minimum atomic E-state index is -0.507. The Morgan fingerprint density at radius 2 is 2.17 bits per heavy atom. The predicted molar refractivity (Wildman–Crippen MR) is 93.5 cm³/mol. The zero-order valence-electron chi connectivity index (χ0n) is 14.0. The summed E-state index contributed by atoms with van der Waals surface area (Å²) >= 11 is 3.42. The highest BCUT2D eigenvalue weighted by Gasteiger charge is 2.30. The lowest BCUT2D eigenvalue weighted by atomic mass is 10.1. The van der Waals surface area contributed by atoms with Crippen LogP contribution in [0.4, 0.5) is 10.6 Å². The van der Waals surface area contributed by atoms with E-state index in [9.17, 15) is 4.79 Å². The Hall–Kier alpha value is -1.90. The van der Waals surface area contributed by atoms with Crippen LogP contribution in [0.1, 0.15) is 39.7 Å². The van der Waals surface area contributed by atoms with Crippen molar-refractivity contribution in [1.82, 2.24) is 24.6 Å². The summed E-state index contributed by atoms with van der Waals surface area (Å²) in [6.45, 7) is 6.81. The molecule has 0 bridgehead atoms. The third-order valence-electron chi connectivity index (χ3n) is 3.87. The van der Waals surface area contributed by atoms with Crippen molar-refractivity contribution in [2.75, 3.05) is 18.8 Å². The number of nitrogen functional groups attached to an aromatic ring is 1. The van der Waals surface area contributed by atoms with E-state index in [0.29, 0.717) is 34.5 Å². The first-order valence-electron chi connectivity index (χ1n) is 7.88. The zero-order chi connectivity index (χ0) is 17.5. The van der Waals surface area contributed by atoms with Crippen molar-refractivity contribution in [3.8, 4) is 0 Å². The van der Waals surface area contributed by atoms with Gasteiger partial charge in [0.15, 0.2) is 5.65 Å². The first kappa shape index (κ1) is 16.9. The van der Waals surface area contributed by atoms with E-state index < -0.39 is 5.60 Å². The van der Waals surface area contributed by atoms with Crippen LogP contribution < -0.4 is 5.73 Å². The fraction of sp³-hybridized carbons (Fsp3) is 0.600. The molecule has 1 saturated heterocycles. The van der Waals surface area contributed by atoms with E-state index in [1.54, 1.807) is 4.90 Å². The van der Waals surface area contributed by atoms with Crippen LogP contribution in [0, 0.1) is 0 Å². The molecular formula is C15H21BrN6O2. The summed E-state index contributed by atoms with van der Waals surface area (Å²) in [5.74, 6) is 0.387. The quantitative estimate of drug-likeness (QED) is 0.795. The SMILES string of the molecule is CC(C)(C)OC(=O)N1CCCC(n2nc(Br)c3c(N)ncnc32)C1. The topological polar surface area (TPSA) is 99.2 Å². The van der Waals surface area contributed by atoms with Gasteiger partial charge in [0, 0.05) is 13.1 Å². The molecule has 9 heteroatoms. The number of amides is 1. The molecule has 2 aromatic rings. The maximum absolute atomic E-state index is 12.3. The first-order valence-corrected chi connectivity index (χ1v) is 8.67. The summed E-state index contributed by atoms with van der Waals surface area (Å²) in [7, 11) is 0. The highest BCUT2D eigenvalue weighted by molar-refractivity contribution is 9.10. The second-order valence-corrected chi connectivity index (χ2v) is 7.67. The molecule has 1 atom stereocenters. The van der Waals surface area contributed by atoms with Gasteiger partial charge in [-0.05, 0) is 49.5 Å². The molecule has 8 nitrogen and oxygen atoms in total. The number of halogens is 1. The van der Waals surface area contributed by atoms with Crippen LogP contribution in [0.15, 0.2) is 10.9 Å². The van der Waals surface area contributed by atoms with Crippen LogP contribution in [0.3, 0.4) is 0 Å². The summed E-state index contributed by atoms with van der Waals surface area (Å²) in [4.78, 5) is 22.4. The van der Waals surface area contributed by atoms with Gasteiger partial charge < -0.3 is 15.4 Å². The standard InChI is InChI=1S/C15H21BrN6O2/c1-15(2,3)24-14(23)21-6-4-5-9(7-21)22-13-10(11(16)20-22)12(17)18-8-19-13/h8-9H,4-7H2,1-3H3,(H2,17,18,19). The van der Waals surface area contributed by atoms with Crippen molar-refractivity contribution in [2.45, 2.75) is 45.3 Å². The van der Waals surface area contributed by atoms with E-state index in [2.05, 4.69) is 31.0 Å². The van der Waals surface area contributed by atoms with E-state index in [0.717, 1.165) is 12.8 Å². The third kappa shape index (κ3) is 3.31. The molecule has 2 aromatic heterocycles. The second kappa shape index (κ2) is 6.19. The van der Waals surface area contributed by atoms with Crippen molar-refractivity contribution in [3.05, 3.63) is 10.9 Å². The van der Waals surface area contributed by atoms with Gasteiger partial charge in [-0.25, -0.2) is 19.4 Å². The number of aromatic nitrogens is 4. The van der Waals surface area contributed by atoms with Crippen LogP contribution >= 0.6 is 15.9 Å². The maximum Gasteiger partial charge on any atom is 0.410 e. The monoisotopic (exact) mass is 396 g/mol. The molecule has 0 spiro atoms. The molecule has 1 amide bonds. The molecule has 1 fully saturated rings. The lowest BCUT2D eigenvalue weighted by Crippen LogP contribution is -2.43. The largest absolute Gasteiger partial charge is 0.444 e. The van der Waals surface area contributed by atoms with E-state index in [1.165, 1.54) is 6.33 Å². The number of carbonyl (C=O) groups excluding carboxylic acids is 1. The zero-order valence-corrected chi connectivity index (χ0v) is 15.6. The molecule has 0 aliphatic carbocycles. The van der Waals surface area contributed by atoms with Gasteiger partial charge in [0.2, 0.25) is 0 Å². The normalized spacial score (nSPS) is 18.8. The maximum atomic E-state index is 12.3. The molecule has 3 rings (SSSR count). The smallest absolute Gasteiger partial charge is 0.410 e. The number of nitrogens with zero attached hydrogens (tertiary/aromatic N) is 5. The number of hydrogen-bond acceptors (Lipinski definition) is 6. The Balaban J connectivity index is 1.86. The van der Waals surface area contributed by atoms with Gasteiger partial charge >= 0.3 is 6.09 Å². The van der Waals surface area contributed by atoms with Crippen LogP contribution in [-0.4, -0.2) is 49.4 Å². The first-order chi connectivity index (χ1) is 11.3. The summed E-state index contributed by atoms with van der Waals surface area (Å²) in [5, 5.41) is 5.22. The number of hydrogen-bond donors (Lipinski definition) is 1. The Kier molecular flexibility index (Phi) is 4.37. The van der Waals surface area contributed by atoms with Crippen molar-refractivity contribution >= 4 is 38.9 Å². The van der Waals surface area contributed by atoms with Gasteiger partial charge in [0.25, 0.3) is 0 Å². The van der Waals surface area contributed by atoms with Crippen molar-refractivity contribution in [3.63, 3.8) is 0 Å². The molecule has 0 aromatic carbocycles. The van der Waals surface area contributed by atoms with Gasteiger partial charge in [-0.1, -0.05) is 0 Å². The van der Waals surface area contributed by atoms with E-state index in [4.69, 9.17) is 10.5 Å². The van der Waals surface area contributed by atoms with Gasteiger partial charge in [0.1, 0.15) is 22.3 Å². The molecule has 1 aliphatic rings. The lowest BCUT2D eigenvalue weighted by molar-refractivity contribution is 0.0169. The van der Waals surface area contributed by atoms with Gasteiger partial charge in [-0.15, -0.1) is 0 Å². The highest BCUT2D eigenvalue weighted by atomic mass is 79.9. The molecule has 3 heterocycles. The number of anilines is 1. The lowest BCUT2D eigenvalue weighted by Gasteiger charge is -2.34. The molecular weight excluding hydrogens is 376 g/mol. The second-order valence-electron chi connectivity index (χ2n) is 6.92. The summed E-state index contributed by atoms with van der Waals surface area (Å²) in [6, 6.07) is 0.0226. The van der Waals surface area contributed by atoms with E-state index in [-0.39, 0.29) is 12.1 Å². The Labute approximate surface area is 148 Å². The van der Waals surface area contributed by atoms with E-state index in [1.807, 2.05) is 25.5 Å². The van der Waals surface area contributed by atoms with Gasteiger partial charge in [0.05, 0.1) is 11.4 Å². The van der Waals surface area contributed by atoms with Crippen LogP contribution in [0.2, 0.25) is 0 Å². The Morgan fingerprint density at radius 1 is 1.42 bits per heavy atom. The molecule has 0 radical (unpaired) electrons. The molecule has 130 valence electrons. The number of nitrogens with two attached hydrogens (primary N) is 1. The summed E-state index contributed by atoms with van der Waals surface area (Å²) in [6.07, 6.45) is 2.92. The van der Waals surface area contributed by atoms with E-state index >= 15 is 0 Å². The fourth-order valence-corrected chi connectivity index (χ4v) is 3.41. The number of likely N-dealkylation sites (tertiary alicyclic amines) is 1. The molecule has 0 saturated carbocycles. The number of carbonyl (C=O) groups is 1. The van der Waals surface area contributed by atoms with Crippen molar-refractivity contribution in [1.29, 1.82) is 0 Å². The molecule has 2 N–H and O–H groups in total. The minimum Gasteiger partial charge on any atom is -0.444 e. The number of ether oxygens (including phenoxy) is 1. The average molecular weight is 397 g/mol. The average Bonchev–Trinajstić information content (AvgIpc) is 2.84. The van der Waals surface area contributed by atoms with Crippen molar-refractivity contribution < 1.29 is 9.53 Å². The number of piperidine rings is 1. The Morgan fingerprint density at radius 3 is 2.88 bits per heavy atom. The van der Waals surface area contributed by atoms with Gasteiger partial charge in [-0.2, -0.15) is 5.10 Å². The van der Waals surface area contributed by atoms with Crippen LogP contribution in [0.25, 0.3) is 11.0 Å².